The summed E-state index contributed by atoms with van der Waals surface area (Å²) in [4.78, 5) is 0. The predicted molar refractivity (Wildman–Crippen MR) is 90.8 cm³/mol. The number of rotatable bonds is 4. The number of phenolic OH excluding ortho intramolecular Hbond substituents is 1. The summed E-state index contributed by atoms with van der Waals surface area (Å²) in [7, 11) is 1.63. The Morgan fingerprint density at radius 1 is 1.22 bits per heavy atom. The lowest BCUT2D eigenvalue weighted by atomic mass is 9.89. The van der Waals surface area contributed by atoms with E-state index in [2.05, 4.69) is 5.32 Å². The fourth-order valence-corrected chi connectivity index (χ4v) is 3.21. The minimum absolute atomic E-state index is 0.123. The molecular weight excluding hydrogens is 314 g/mol. The third-order valence-corrected chi connectivity index (χ3v) is 4.31. The fraction of sp³-hybridized carbons (Fsp3) is 0.333. The molecule has 1 aliphatic rings. The van der Waals surface area contributed by atoms with Gasteiger partial charge in [0, 0.05) is 17.1 Å². The van der Waals surface area contributed by atoms with Crippen molar-refractivity contribution in [2.45, 2.75) is 19.4 Å². The van der Waals surface area contributed by atoms with Crippen LogP contribution >= 0.6 is 11.6 Å². The molecule has 0 bridgehead atoms. The van der Waals surface area contributed by atoms with Gasteiger partial charge in [-0.25, -0.2) is 0 Å². The summed E-state index contributed by atoms with van der Waals surface area (Å²) >= 11 is 6.10. The molecule has 4 nitrogen and oxygen atoms in total. The second kappa shape index (κ2) is 6.69. The third-order valence-electron chi connectivity index (χ3n) is 4.08. The van der Waals surface area contributed by atoms with Gasteiger partial charge in [-0.3, -0.25) is 0 Å². The van der Waals surface area contributed by atoms with Crippen molar-refractivity contribution in [3.05, 3.63) is 52.0 Å². The molecule has 1 heterocycles. The average molecular weight is 334 g/mol. The first-order chi connectivity index (χ1) is 11.1. The summed E-state index contributed by atoms with van der Waals surface area (Å²) in [5.41, 5.74) is 3.04. The lowest BCUT2D eigenvalue weighted by Crippen LogP contribution is -2.30. The summed E-state index contributed by atoms with van der Waals surface area (Å²) in [6.45, 7) is 3.36. The molecule has 3 rings (SSSR count). The van der Waals surface area contributed by atoms with Crippen LogP contribution in [0.25, 0.3) is 0 Å². The number of nitrogens with one attached hydrogen (secondary N) is 1. The van der Waals surface area contributed by atoms with Crippen LogP contribution in [-0.2, 0) is 6.42 Å². The molecule has 122 valence electrons. The first kappa shape index (κ1) is 16.0. The van der Waals surface area contributed by atoms with Gasteiger partial charge in [-0.2, -0.15) is 0 Å². The molecule has 0 fully saturated rings. The van der Waals surface area contributed by atoms with Crippen LogP contribution in [0.2, 0.25) is 5.02 Å². The van der Waals surface area contributed by atoms with Gasteiger partial charge in [0.25, 0.3) is 0 Å². The Hall–Kier alpha value is -1.91. The van der Waals surface area contributed by atoms with Gasteiger partial charge in [0.15, 0.2) is 11.5 Å². The molecule has 23 heavy (non-hydrogen) atoms. The highest BCUT2D eigenvalue weighted by Gasteiger charge is 2.26. The molecule has 0 aliphatic carbocycles. The van der Waals surface area contributed by atoms with Crippen LogP contribution in [0.1, 0.15) is 29.7 Å². The number of ether oxygens (including phenoxy) is 2. The molecule has 0 saturated heterocycles. The van der Waals surface area contributed by atoms with E-state index in [-0.39, 0.29) is 11.8 Å². The average Bonchev–Trinajstić information content (AvgIpc) is 2.56. The molecule has 0 amide bonds. The van der Waals surface area contributed by atoms with Crippen molar-refractivity contribution in [2.24, 2.45) is 0 Å². The molecule has 1 atom stereocenters. The standard InChI is InChI=1S/C18H20ClNO3/c1-3-23-17-8-11-6-7-20-18(13(11)10-16(17)22-2)14-9-12(19)4-5-15(14)21/h4-5,8-10,18,20-21H,3,6-7H2,1-2H3/t18-/m0/s1. The Morgan fingerprint density at radius 3 is 2.78 bits per heavy atom. The van der Waals surface area contributed by atoms with Crippen LogP contribution in [0, 0.1) is 0 Å². The van der Waals surface area contributed by atoms with Crippen LogP contribution < -0.4 is 14.8 Å². The van der Waals surface area contributed by atoms with Gasteiger partial charge >= 0.3 is 0 Å². The number of hydrogen-bond donors (Lipinski definition) is 2. The molecule has 5 heteroatoms. The monoisotopic (exact) mass is 333 g/mol. The fourth-order valence-electron chi connectivity index (χ4n) is 3.03. The highest BCUT2D eigenvalue weighted by molar-refractivity contribution is 6.30. The number of methoxy groups -OCH3 is 1. The lowest BCUT2D eigenvalue weighted by molar-refractivity contribution is 0.309. The smallest absolute Gasteiger partial charge is 0.161 e. The summed E-state index contributed by atoms with van der Waals surface area (Å²) in [5, 5.41) is 14.3. The van der Waals surface area contributed by atoms with Crippen molar-refractivity contribution < 1.29 is 14.6 Å². The molecule has 2 N–H and O–H groups in total. The van der Waals surface area contributed by atoms with Crippen molar-refractivity contribution in [3.63, 3.8) is 0 Å². The van der Waals surface area contributed by atoms with Crippen LogP contribution in [0.15, 0.2) is 30.3 Å². The van der Waals surface area contributed by atoms with E-state index in [9.17, 15) is 5.11 Å². The van der Waals surface area contributed by atoms with E-state index in [0.717, 1.165) is 29.8 Å². The second-order valence-electron chi connectivity index (χ2n) is 5.48. The SMILES string of the molecule is CCOc1cc2c(cc1OC)[C@@H](c1cc(Cl)ccc1O)NCC2. The Labute approximate surface area is 141 Å². The van der Waals surface area contributed by atoms with E-state index in [1.54, 1.807) is 25.3 Å². The van der Waals surface area contributed by atoms with Crippen LogP contribution in [-0.4, -0.2) is 25.4 Å². The Bertz CT molecular complexity index is 718. The number of aromatic hydroxyl groups is 1. The molecule has 0 radical (unpaired) electrons. The van der Waals surface area contributed by atoms with Crippen molar-refractivity contribution in [2.75, 3.05) is 20.3 Å². The minimum Gasteiger partial charge on any atom is -0.508 e. The van der Waals surface area contributed by atoms with Crippen molar-refractivity contribution in [1.82, 2.24) is 5.32 Å². The van der Waals surface area contributed by atoms with E-state index in [4.69, 9.17) is 21.1 Å². The predicted octanol–water partition coefficient (Wildman–Crippen LogP) is 3.69. The molecule has 2 aromatic carbocycles. The number of benzene rings is 2. The van der Waals surface area contributed by atoms with Crippen LogP contribution in [0.5, 0.6) is 17.2 Å². The Morgan fingerprint density at radius 2 is 2.04 bits per heavy atom. The highest BCUT2D eigenvalue weighted by atomic mass is 35.5. The van der Waals surface area contributed by atoms with E-state index in [1.165, 1.54) is 5.56 Å². The van der Waals surface area contributed by atoms with Gasteiger partial charge in [-0.05, 0) is 54.8 Å². The largest absolute Gasteiger partial charge is 0.508 e. The highest BCUT2D eigenvalue weighted by Crippen LogP contribution is 2.40. The van der Waals surface area contributed by atoms with E-state index >= 15 is 0 Å². The lowest BCUT2D eigenvalue weighted by Gasteiger charge is -2.29. The Balaban J connectivity index is 2.09. The second-order valence-corrected chi connectivity index (χ2v) is 5.91. The molecule has 0 saturated carbocycles. The zero-order chi connectivity index (χ0) is 16.4. The first-order valence-corrected chi connectivity index (χ1v) is 8.07. The maximum atomic E-state index is 10.2. The van der Waals surface area contributed by atoms with Crippen molar-refractivity contribution >= 4 is 11.6 Å². The number of phenols is 1. The summed E-state index contributed by atoms with van der Waals surface area (Å²) in [6, 6.07) is 9.00. The maximum Gasteiger partial charge on any atom is 0.161 e. The van der Waals surface area contributed by atoms with Gasteiger partial charge in [0.05, 0.1) is 19.8 Å². The molecule has 2 aromatic rings. The first-order valence-electron chi connectivity index (χ1n) is 7.69. The van der Waals surface area contributed by atoms with E-state index in [1.807, 2.05) is 19.1 Å². The van der Waals surface area contributed by atoms with Gasteiger partial charge in [0.2, 0.25) is 0 Å². The zero-order valence-electron chi connectivity index (χ0n) is 13.2. The zero-order valence-corrected chi connectivity index (χ0v) is 14.0. The molecule has 0 unspecified atom stereocenters. The normalized spacial score (nSPS) is 16.7. The summed E-state index contributed by atoms with van der Waals surface area (Å²) in [5.74, 6) is 1.68. The maximum absolute atomic E-state index is 10.2. The number of fused-ring (bicyclic) bond motifs is 1. The van der Waals surface area contributed by atoms with Crippen LogP contribution in [0.3, 0.4) is 0 Å². The Kier molecular flexibility index (Phi) is 4.64. The van der Waals surface area contributed by atoms with Gasteiger partial charge in [-0.1, -0.05) is 11.6 Å². The molecule has 0 spiro atoms. The molecule has 1 aliphatic heterocycles. The van der Waals surface area contributed by atoms with Gasteiger partial charge in [-0.15, -0.1) is 0 Å². The summed E-state index contributed by atoms with van der Waals surface area (Å²) in [6.07, 6.45) is 0.900. The topological polar surface area (TPSA) is 50.7 Å². The van der Waals surface area contributed by atoms with Gasteiger partial charge < -0.3 is 19.9 Å². The van der Waals surface area contributed by atoms with Gasteiger partial charge in [0.1, 0.15) is 5.75 Å². The van der Waals surface area contributed by atoms with E-state index in [0.29, 0.717) is 17.4 Å². The van der Waals surface area contributed by atoms with Crippen molar-refractivity contribution in [3.8, 4) is 17.2 Å². The molecule has 0 aromatic heterocycles. The van der Waals surface area contributed by atoms with Crippen molar-refractivity contribution in [1.29, 1.82) is 0 Å². The minimum atomic E-state index is -0.123. The van der Waals surface area contributed by atoms with Crippen LogP contribution in [0.4, 0.5) is 0 Å². The summed E-state index contributed by atoms with van der Waals surface area (Å²) < 4.78 is 11.1. The number of halogens is 1. The molecular formula is C18H20ClNO3. The quantitative estimate of drug-likeness (QED) is 0.896. The third kappa shape index (κ3) is 3.09. The van der Waals surface area contributed by atoms with E-state index < -0.39 is 0 Å². The number of hydrogen-bond acceptors (Lipinski definition) is 4.